The first-order chi connectivity index (χ1) is 3.45. The van der Waals surface area contributed by atoms with Gasteiger partial charge < -0.3 is 4.74 Å². The lowest BCUT2D eigenvalue weighted by molar-refractivity contribution is 0.118. The first-order valence-corrected chi connectivity index (χ1v) is 3.10. The molecule has 4 bridgehead atoms. The van der Waals surface area contributed by atoms with E-state index in [0.29, 0.717) is 6.10 Å². The molecule has 38 valence electrons. The molecule has 4 fully saturated rings. The van der Waals surface area contributed by atoms with E-state index in [1.807, 2.05) is 0 Å². The minimum atomic E-state index is 0.708. The molecule has 0 amide bonds. The predicted octanol–water partition coefficient (Wildman–Crippen LogP) is 0.794. The predicted molar refractivity (Wildman–Crippen MR) is 24.9 cm³/mol. The van der Waals surface area contributed by atoms with Gasteiger partial charge in [-0.05, 0) is 24.7 Å². The van der Waals surface area contributed by atoms with Gasteiger partial charge in [0.05, 0.1) is 12.2 Å². The Balaban J connectivity index is 2.17. The Morgan fingerprint density at radius 3 is 2.00 bits per heavy atom. The Kier molecular flexibility index (Phi) is 0.288. The third-order valence-electron chi connectivity index (χ3n) is 2.67. The molecule has 7 heavy (non-hydrogen) atoms. The van der Waals surface area contributed by atoms with Crippen LogP contribution in [0.5, 0.6) is 0 Å². The molecule has 0 aromatic heterocycles. The molecule has 2 saturated carbocycles. The largest absolute Gasteiger partial charge is 0.374 e. The van der Waals surface area contributed by atoms with E-state index in [9.17, 15) is 0 Å². The van der Waals surface area contributed by atoms with Gasteiger partial charge in [0.2, 0.25) is 0 Å². The Labute approximate surface area is 42.7 Å². The summed E-state index contributed by atoms with van der Waals surface area (Å²) in [7, 11) is 0. The number of ether oxygens (including phenoxy) is 1. The van der Waals surface area contributed by atoms with E-state index in [1.54, 1.807) is 0 Å². The van der Waals surface area contributed by atoms with Crippen molar-refractivity contribution in [3.8, 4) is 0 Å². The van der Waals surface area contributed by atoms with Crippen LogP contribution in [0.2, 0.25) is 0 Å². The molecule has 2 saturated heterocycles. The van der Waals surface area contributed by atoms with Crippen LogP contribution in [0, 0.1) is 11.8 Å². The zero-order valence-electron chi connectivity index (χ0n) is 4.13. The summed E-state index contributed by atoms with van der Waals surface area (Å²) in [6.07, 6.45) is 4.26. The molecular weight excluding hydrogens is 88.1 g/mol. The fourth-order valence-electron chi connectivity index (χ4n) is 2.27. The van der Waals surface area contributed by atoms with Crippen molar-refractivity contribution in [1.29, 1.82) is 0 Å². The minimum Gasteiger partial charge on any atom is -0.374 e. The van der Waals surface area contributed by atoms with Crippen LogP contribution in [-0.4, -0.2) is 12.2 Å². The first kappa shape index (κ1) is 3.08. The van der Waals surface area contributed by atoms with Gasteiger partial charge >= 0.3 is 0 Å². The number of hydrogen-bond acceptors (Lipinski definition) is 1. The molecule has 0 radical (unpaired) electrons. The van der Waals surface area contributed by atoms with Crippen molar-refractivity contribution >= 4 is 0 Å². The Hall–Kier alpha value is -0.0400. The van der Waals surface area contributed by atoms with Gasteiger partial charge in [-0.3, -0.25) is 0 Å². The highest BCUT2D eigenvalue weighted by Gasteiger charge is 2.64. The van der Waals surface area contributed by atoms with E-state index in [4.69, 9.17) is 4.74 Å². The van der Waals surface area contributed by atoms with E-state index in [1.165, 1.54) is 12.8 Å². The maximum atomic E-state index is 5.51. The van der Waals surface area contributed by atoms with Crippen LogP contribution >= 0.6 is 0 Å². The van der Waals surface area contributed by atoms with E-state index < -0.39 is 0 Å². The van der Waals surface area contributed by atoms with Crippen LogP contribution in [0.1, 0.15) is 12.8 Å². The summed E-state index contributed by atoms with van der Waals surface area (Å²) in [6.45, 7) is 0. The Morgan fingerprint density at radius 1 is 1.14 bits per heavy atom. The molecule has 1 heteroatoms. The van der Waals surface area contributed by atoms with Crippen LogP contribution in [0.3, 0.4) is 0 Å². The summed E-state index contributed by atoms with van der Waals surface area (Å²) >= 11 is 0. The monoisotopic (exact) mass is 96.1 g/mol. The van der Waals surface area contributed by atoms with Crippen LogP contribution in [-0.2, 0) is 4.74 Å². The zero-order chi connectivity index (χ0) is 4.43. The highest BCUT2D eigenvalue weighted by atomic mass is 16.5. The van der Waals surface area contributed by atoms with E-state index >= 15 is 0 Å². The van der Waals surface area contributed by atoms with Crippen molar-refractivity contribution in [2.24, 2.45) is 11.8 Å². The molecule has 1 nitrogen and oxygen atoms in total. The summed E-state index contributed by atoms with van der Waals surface area (Å²) in [5.74, 6) is 2.06. The molecule has 2 aliphatic carbocycles. The molecular formula is C6H8O. The lowest BCUT2D eigenvalue weighted by atomic mass is 10.2. The SMILES string of the molecule is C1C2CC3C1C3O2. The lowest BCUT2D eigenvalue weighted by Crippen LogP contribution is -1.94. The topological polar surface area (TPSA) is 9.23 Å². The van der Waals surface area contributed by atoms with Crippen LogP contribution in [0.4, 0.5) is 0 Å². The standard InChI is InChI=1S/C6H8O/c1-3-2-5-4(1)6(5)7-3/h3-6H,1-2H2. The van der Waals surface area contributed by atoms with E-state index in [2.05, 4.69) is 0 Å². The van der Waals surface area contributed by atoms with Gasteiger partial charge in [-0.25, -0.2) is 0 Å². The van der Waals surface area contributed by atoms with Crippen LogP contribution < -0.4 is 0 Å². The molecule has 2 unspecified atom stereocenters. The average molecular weight is 96.1 g/mol. The molecule has 0 aromatic rings. The van der Waals surface area contributed by atoms with Gasteiger partial charge in [-0.1, -0.05) is 0 Å². The highest BCUT2D eigenvalue weighted by molar-refractivity contribution is 5.12. The van der Waals surface area contributed by atoms with Crippen molar-refractivity contribution in [3.05, 3.63) is 0 Å². The van der Waals surface area contributed by atoms with E-state index in [-0.39, 0.29) is 0 Å². The smallest absolute Gasteiger partial charge is 0.0644 e. The second-order valence-electron chi connectivity index (χ2n) is 3.02. The molecule has 0 spiro atoms. The van der Waals surface area contributed by atoms with E-state index in [0.717, 1.165) is 17.9 Å². The normalized spacial score (nSPS) is 72.0. The number of rotatable bonds is 0. The van der Waals surface area contributed by atoms with Gasteiger partial charge in [-0.15, -0.1) is 0 Å². The fourth-order valence-corrected chi connectivity index (χ4v) is 2.27. The average Bonchev–Trinajstić information content (AvgIpc) is 2.10. The Morgan fingerprint density at radius 2 is 1.86 bits per heavy atom. The summed E-state index contributed by atoms with van der Waals surface area (Å²) < 4.78 is 5.51. The highest BCUT2D eigenvalue weighted by Crippen LogP contribution is 2.62. The molecule has 4 rings (SSSR count). The maximum Gasteiger partial charge on any atom is 0.0644 e. The fraction of sp³-hybridized carbons (Fsp3) is 1.00. The molecule has 2 heterocycles. The molecule has 4 aliphatic rings. The summed E-state index contributed by atoms with van der Waals surface area (Å²) in [5.41, 5.74) is 0. The van der Waals surface area contributed by atoms with Gasteiger partial charge in [0.1, 0.15) is 0 Å². The third kappa shape index (κ3) is 0.194. The van der Waals surface area contributed by atoms with Crippen molar-refractivity contribution in [1.82, 2.24) is 0 Å². The van der Waals surface area contributed by atoms with Crippen molar-refractivity contribution in [3.63, 3.8) is 0 Å². The quantitative estimate of drug-likeness (QED) is 0.433. The summed E-state index contributed by atoms with van der Waals surface area (Å²) in [5, 5.41) is 0. The van der Waals surface area contributed by atoms with Crippen LogP contribution in [0.25, 0.3) is 0 Å². The minimum absolute atomic E-state index is 0.708. The maximum absolute atomic E-state index is 5.51. The molecule has 0 N–H and O–H groups in total. The van der Waals surface area contributed by atoms with Crippen molar-refractivity contribution < 1.29 is 4.74 Å². The third-order valence-corrected chi connectivity index (χ3v) is 2.67. The molecule has 0 aromatic carbocycles. The molecule has 2 aliphatic heterocycles. The second-order valence-corrected chi connectivity index (χ2v) is 3.02. The first-order valence-electron chi connectivity index (χ1n) is 3.10. The van der Waals surface area contributed by atoms with Gasteiger partial charge in [0.15, 0.2) is 0 Å². The summed E-state index contributed by atoms with van der Waals surface area (Å²) in [6, 6.07) is 0. The van der Waals surface area contributed by atoms with Crippen LogP contribution in [0.15, 0.2) is 0 Å². The number of hydrogen-bond donors (Lipinski definition) is 0. The zero-order valence-corrected chi connectivity index (χ0v) is 4.13. The van der Waals surface area contributed by atoms with Gasteiger partial charge in [0, 0.05) is 0 Å². The van der Waals surface area contributed by atoms with Gasteiger partial charge in [-0.2, -0.15) is 0 Å². The van der Waals surface area contributed by atoms with Crippen molar-refractivity contribution in [2.75, 3.05) is 0 Å². The van der Waals surface area contributed by atoms with Gasteiger partial charge in [0.25, 0.3) is 0 Å². The second kappa shape index (κ2) is 0.655. The molecule has 2 atom stereocenters. The van der Waals surface area contributed by atoms with Crippen molar-refractivity contribution in [2.45, 2.75) is 25.0 Å². The summed E-state index contributed by atoms with van der Waals surface area (Å²) in [4.78, 5) is 0. The Bertz CT molecular complexity index is 91.6. The lowest BCUT2D eigenvalue weighted by Gasteiger charge is -1.93.